The van der Waals surface area contributed by atoms with Crippen LogP contribution in [-0.2, 0) is 15.0 Å². The Kier molecular flexibility index (Phi) is 6.18. The summed E-state index contributed by atoms with van der Waals surface area (Å²) in [6.07, 6.45) is 2.26. The van der Waals surface area contributed by atoms with Crippen LogP contribution in [0.2, 0.25) is 0 Å². The van der Waals surface area contributed by atoms with Crippen molar-refractivity contribution in [2.75, 3.05) is 19.7 Å². The minimum Gasteiger partial charge on any atom is -0.480 e. The molecule has 1 fully saturated rings. The van der Waals surface area contributed by atoms with Crippen molar-refractivity contribution in [3.05, 3.63) is 0 Å². The van der Waals surface area contributed by atoms with Crippen LogP contribution in [0.1, 0.15) is 32.6 Å². The highest BCUT2D eigenvalue weighted by atomic mass is 32.2. The predicted octanol–water partition coefficient (Wildman–Crippen LogP) is -0.222. The third kappa shape index (κ3) is 4.72. The predicted molar refractivity (Wildman–Crippen MR) is 69.8 cm³/mol. The molecule has 0 aliphatic carbocycles. The first kappa shape index (κ1) is 16.4. The number of hydrogen-bond donors (Lipinski definition) is 3. The molecule has 0 amide bonds. The zero-order valence-electron chi connectivity index (χ0n) is 11.1. The third-order valence-corrected chi connectivity index (χ3v) is 4.87. The van der Waals surface area contributed by atoms with Gasteiger partial charge < -0.3 is 10.2 Å². The average molecular weight is 294 g/mol. The average Bonchev–Trinajstić information content (AvgIpc) is 2.37. The number of carboxylic acids is 1. The Bertz CT molecular complexity index is 398. The van der Waals surface area contributed by atoms with Crippen molar-refractivity contribution in [1.82, 2.24) is 9.03 Å². The second-order valence-corrected chi connectivity index (χ2v) is 6.64. The number of carboxylic acid groups (broad SMARTS) is 1. The summed E-state index contributed by atoms with van der Waals surface area (Å²) < 4.78 is 27.7. The molecule has 8 heteroatoms. The van der Waals surface area contributed by atoms with Crippen LogP contribution in [-0.4, -0.2) is 54.6 Å². The van der Waals surface area contributed by atoms with E-state index >= 15 is 0 Å². The van der Waals surface area contributed by atoms with E-state index in [1.807, 2.05) is 6.92 Å². The maximum absolute atomic E-state index is 12.1. The van der Waals surface area contributed by atoms with E-state index in [1.54, 1.807) is 0 Å². The Morgan fingerprint density at radius 1 is 1.47 bits per heavy atom. The molecular formula is C11H22N2O5S. The van der Waals surface area contributed by atoms with E-state index < -0.39 is 22.2 Å². The number of hydrogen-bond acceptors (Lipinski definition) is 4. The van der Waals surface area contributed by atoms with E-state index in [0.717, 1.165) is 10.7 Å². The van der Waals surface area contributed by atoms with Gasteiger partial charge in [-0.25, -0.2) is 4.72 Å². The first-order valence-electron chi connectivity index (χ1n) is 6.48. The van der Waals surface area contributed by atoms with Crippen molar-refractivity contribution >= 4 is 16.2 Å². The summed E-state index contributed by atoms with van der Waals surface area (Å²) in [7, 11) is -3.77. The molecule has 0 aromatic heterocycles. The van der Waals surface area contributed by atoms with Crippen LogP contribution in [0.15, 0.2) is 0 Å². The number of rotatable bonds is 7. The van der Waals surface area contributed by atoms with Crippen molar-refractivity contribution < 1.29 is 23.4 Å². The van der Waals surface area contributed by atoms with Crippen LogP contribution in [0.25, 0.3) is 0 Å². The standard InChI is InChI=1S/C11H22N2O5S/c1-9(5-7-14)8-12-19(17,18)13-6-3-2-4-10(13)11(15)16/h9-10,12,14H,2-8H2,1H3,(H,15,16). The number of piperidine rings is 1. The Labute approximate surface area is 113 Å². The van der Waals surface area contributed by atoms with Crippen LogP contribution < -0.4 is 4.72 Å². The van der Waals surface area contributed by atoms with Gasteiger partial charge in [-0.2, -0.15) is 12.7 Å². The molecule has 1 aliphatic heterocycles. The second kappa shape index (κ2) is 7.18. The largest absolute Gasteiger partial charge is 0.480 e. The molecule has 0 bridgehead atoms. The Hall–Kier alpha value is -0.700. The first-order chi connectivity index (χ1) is 8.88. The van der Waals surface area contributed by atoms with Crippen molar-refractivity contribution in [1.29, 1.82) is 0 Å². The SMILES string of the molecule is CC(CCO)CNS(=O)(=O)N1CCCCC1C(=O)O. The van der Waals surface area contributed by atoms with Gasteiger partial charge in [-0.05, 0) is 31.6 Å². The molecule has 112 valence electrons. The van der Waals surface area contributed by atoms with Gasteiger partial charge in [0.15, 0.2) is 0 Å². The molecule has 2 atom stereocenters. The highest BCUT2D eigenvalue weighted by Crippen LogP contribution is 2.20. The lowest BCUT2D eigenvalue weighted by Gasteiger charge is -2.32. The summed E-state index contributed by atoms with van der Waals surface area (Å²) in [5.41, 5.74) is 0. The number of aliphatic hydroxyl groups is 1. The van der Waals surface area contributed by atoms with Crippen molar-refractivity contribution in [3.63, 3.8) is 0 Å². The van der Waals surface area contributed by atoms with Crippen molar-refractivity contribution in [2.24, 2.45) is 5.92 Å². The lowest BCUT2D eigenvalue weighted by atomic mass is 10.1. The molecule has 0 radical (unpaired) electrons. The summed E-state index contributed by atoms with van der Waals surface area (Å²) in [5.74, 6) is -1.10. The lowest BCUT2D eigenvalue weighted by Crippen LogP contribution is -2.52. The molecule has 1 rings (SSSR count). The molecule has 0 aromatic carbocycles. The van der Waals surface area contributed by atoms with Gasteiger partial charge in [0.1, 0.15) is 6.04 Å². The van der Waals surface area contributed by atoms with Gasteiger partial charge >= 0.3 is 5.97 Å². The summed E-state index contributed by atoms with van der Waals surface area (Å²) in [5, 5.41) is 17.8. The van der Waals surface area contributed by atoms with Crippen LogP contribution >= 0.6 is 0 Å². The monoisotopic (exact) mass is 294 g/mol. The molecule has 0 spiro atoms. The quantitative estimate of drug-likeness (QED) is 0.601. The van der Waals surface area contributed by atoms with E-state index in [9.17, 15) is 13.2 Å². The molecule has 2 unspecified atom stereocenters. The molecule has 0 aromatic rings. The Morgan fingerprint density at radius 2 is 2.16 bits per heavy atom. The zero-order valence-corrected chi connectivity index (χ0v) is 11.9. The van der Waals surface area contributed by atoms with Gasteiger partial charge in [0.25, 0.3) is 10.2 Å². The van der Waals surface area contributed by atoms with Crippen molar-refractivity contribution in [2.45, 2.75) is 38.6 Å². The van der Waals surface area contributed by atoms with Gasteiger partial charge in [0.2, 0.25) is 0 Å². The minimum absolute atomic E-state index is 0.00432. The molecule has 1 heterocycles. The summed E-state index contributed by atoms with van der Waals surface area (Å²) in [4.78, 5) is 11.1. The van der Waals surface area contributed by atoms with Gasteiger partial charge in [-0.15, -0.1) is 0 Å². The zero-order chi connectivity index (χ0) is 14.5. The molecule has 19 heavy (non-hydrogen) atoms. The number of nitrogens with one attached hydrogen (secondary N) is 1. The lowest BCUT2D eigenvalue weighted by molar-refractivity contribution is -0.142. The number of nitrogens with zero attached hydrogens (tertiary/aromatic N) is 1. The molecule has 1 saturated heterocycles. The van der Waals surface area contributed by atoms with E-state index in [1.165, 1.54) is 0 Å². The van der Waals surface area contributed by atoms with Gasteiger partial charge in [-0.3, -0.25) is 4.79 Å². The highest BCUT2D eigenvalue weighted by molar-refractivity contribution is 7.87. The number of carbonyl (C=O) groups is 1. The first-order valence-corrected chi connectivity index (χ1v) is 7.92. The summed E-state index contributed by atoms with van der Waals surface area (Å²) in [6.45, 7) is 2.26. The maximum atomic E-state index is 12.1. The fraction of sp³-hybridized carbons (Fsp3) is 0.909. The third-order valence-electron chi connectivity index (χ3n) is 3.28. The van der Waals surface area contributed by atoms with E-state index in [4.69, 9.17) is 10.2 Å². The van der Waals surface area contributed by atoms with E-state index in [2.05, 4.69) is 4.72 Å². The molecule has 1 aliphatic rings. The Balaban J connectivity index is 2.66. The van der Waals surface area contributed by atoms with E-state index in [-0.39, 0.29) is 25.6 Å². The topological polar surface area (TPSA) is 107 Å². The molecular weight excluding hydrogens is 272 g/mol. The fourth-order valence-corrected chi connectivity index (χ4v) is 3.65. The number of aliphatic carboxylic acids is 1. The van der Waals surface area contributed by atoms with Gasteiger partial charge in [0.05, 0.1) is 0 Å². The molecule has 3 N–H and O–H groups in total. The van der Waals surface area contributed by atoms with Crippen LogP contribution in [0.5, 0.6) is 0 Å². The fourth-order valence-electron chi connectivity index (χ4n) is 2.09. The second-order valence-electron chi connectivity index (χ2n) is 4.93. The Morgan fingerprint density at radius 3 is 2.74 bits per heavy atom. The van der Waals surface area contributed by atoms with Gasteiger partial charge in [-0.1, -0.05) is 6.92 Å². The van der Waals surface area contributed by atoms with Crippen LogP contribution in [0, 0.1) is 5.92 Å². The smallest absolute Gasteiger partial charge is 0.322 e. The van der Waals surface area contributed by atoms with Crippen LogP contribution in [0.3, 0.4) is 0 Å². The normalized spacial score (nSPS) is 23.2. The maximum Gasteiger partial charge on any atom is 0.322 e. The van der Waals surface area contributed by atoms with E-state index in [0.29, 0.717) is 19.3 Å². The highest BCUT2D eigenvalue weighted by Gasteiger charge is 2.36. The minimum atomic E-state index is -3.77. The van der Waals surface area contributed by atoms with Crippen LogP contribution in [0.4, 0.5) is 0 Å². The summed E-state index contributed by atoms with van der Waals surface area (Å²) >= 11 is 0. The van der Waals surface area contributed by atoms with Gasteiger partial charge in [0, 0.05) is 19.7 Å². The number of aliphatic hydroxyl groups excluding tert-OH is 1. The molecule has 7 nitrogen and oxygen atoms in total. The summed E-state index contributed by atoms with van der Waals surface area (Å²) in [6, 6.07) is -0.973. The molecule has 0 saturated carbocycles. The van der Waals surface area contributed by atoms with Crippen molar-refractivity contribution in [3.8, 4) is 0 Å².